The zero-order chi connectivity index (χ0) is 11.7. The van der Waals surface area contributed by atoms with Gasteiger partial charge in [0.2, 0.25) is 0 Å². The Bertz CT molecular complexity index is 422. The lowest BCUT2D eigenvalue weighted by Gasteiger charge is -2.13. The second-order valence-corrected chi connectivity index (χ2v) is 3.83. The van der Waals surface area contributed by atoms with Gasteiger partial charge in [-0.2, -0.15) is 0 Å². The molecule has 0 aliphatic carbocycles. The quantitative estimate of drug-likeness (QED) is 0.810. The van der Waals surface area contributed by atoms with E-state index in [1.165, 1.54) is 12.1 Å². The van der Waals surface area contributed by atoms with Crippen LogP contribution in [-0.2, 0) is 4.79 Å². The molecule has 3 nitrogen and oxygen atoms in total. The van der Waals surface area contributed by atoms with E-state index in [1.807, 2.05) is 0 Å². The van der Waals surface area contributed by atoms with E-state index in [4.69, 9.17) is 5.11 Å². The summed E-state index contributed by atoms with van der Waals surface area (Å²) in [4.78, 5) is 10.7. The molecule has 0 spiro atoms. The van der Waals surface area contributed by atoms with Crippen LogP contribution in [0.25, 0.3) is 0 Å². The molecule has 0 amide bonds. The molecule has 0 radical (unpaired) electrons. The number of hydrogen-bond acceptors (Lipinski definition) is 2. The summed E-state index contributed by atoms with van der Waals surface area (Å²) in [6, 6.07) is 2.84. The summed E-state index contributed by atoms with van der Waals surface area (Å²) in [6.45, 7) is 0. The van der Waals surface area contributed by atoms with E-state index < -0.39 is 29.7 Å². The van der Waals surface area contributed by atoms with Crippen molar-refractivity contribution in [2.24, 2.45) is 0 Å². The van der Waals surface area contributed by atoms with Crippen molar-refractivity contribution in [2.75, 3.05) is 0 Å². The fourth-order valence-electron chi connectivity index (χ4n) is 1.97. The Balaban J connectivity index is 2.21. The number of benzene rings is 1. The first-order valence-electron chi connectivity index (χ1n) is 5.02. The zero-order valence-corrected chi connectivity index (χ0v) is 8.41. The van der Waals surface area contributed by atoms with Crippen molar-refractivity contribution in [1.82, 2.24) is 5.32 Å². The number of halogens is 2. The molecule has 1 aliphatic heterocycles. The molecule has 1 heterocycles. The lowest BCUT2D eigenvalue weighted by Crippen LogP contribution is -2.32. The monoisotopic (exact) mass is 227 g/mol. The van der Waals surface area contributed by atoms with Gasteiger partial charge in [-0.3, -0.25) is 10.1 Å². The van der Waals surface area contributed by atoms with Crippen LogP contribution < -0.4 is 5.32 Å². The van der Waals surface area contributed by atoms with Crippen LogP contribution in [0.3, 0.4) is 0 Å². The summed E-state index contributed by atoms with van der Waals surface area (Å²) in [5, 5.41) is 11.5. The summed E-state index contributed by atoms with van der Waals surface area (Å²) in [5.41, 5.74) is 0.198. The molecule has 2 rings (SSSR count). The molecular weight excluding hydrogens is 216 g/mol. The largest absolute Gasteiger partial charge is 0.480 e. The molecule has 2 N–H and O–H groups in total. The molecule has 86 valence electrons. The predicted octanol–water partition coefficient (Wildman–Crippen LogP) is 1.84. The first kappa shape index (κ1) is 11.0. The second-order valence-electron chi connectivity index (χ2n) is 3.83. The lowest BCUT2D eigenvalue weighted by molar-refractivity contribution is -0.139. The van der Waals surface area contributed by atoms with Crippen molar-refractivity contribution in [3.8, 4) is 0 Å². The van der Waals surface area contributed by atoms with Crippen LogP contribution in [0.4, 0.5) is 8.78 Å². The van der Waals surface area contributed by atoms with Crippen molar-refractivity contribution in [2.45, 2.75) is 24.9 Å². The predicted molar refractivity (Wildman–Crippen MR) is 52.9 cm³/mol. The Morgan fingerprint density at radius 1 is 1.38 bits per heavy atom. The maximum atomic E-state index is 13.4. The number of rotatable bonds is 2. The minimum atomic E-state index is -0.959. The smallest absolute Gasteiger partial charge is 0.320 e. The first-order chi connectivity index (χ1) is 7.59. The molecule has 0 saturated carbocycles. The number of aliphatic carboxylic acids is 1. The standard InChI is InChI=1S/C11H11F2NO2/c12-7-3-1-2-6(10(7)13)8-4-5-9(14-8)11(15)16/h1-3,8-9,14H,4-5H2,(H,15,16). The molecule has 1 aliphatic rings. The Labute approximate surface area is 91.1 Å². The molecule has 0 aromatic heterocycles. The van der Waals surface area contributed by atoms with Crippen LogP contribution in [0.1, 0.15) is 24.4 Å². The van der Waals surface area contributed by atoms with Crippen LogP contribution in [0, 0.1) is 11.6 Å². The fourth-order valence-corrected chi connectivity index (χ4v) is 1.97. The lowest BCUT2D eigenvalue weighted by atomic mass is 10.0. The molecular formula is C11H11F2NO2. The van der Waals surface area contributed by atoms with E-state index in [0.29, 0.717) is 12.8 Å². The van der Waals surface area contributed by atoms with Crippen molar-refractivity contribution in [3.05, 3.63) is 35.4 Å². The Morgan fingerprint density at radius 3 is 2.75 bits per heavy atom. The molecule has 5 heteroatoms. The SMILES string of the molecule is O=C(O)C1CCC(c2cccc(F)c2F)N1. The average Bonchev–Trinajstić information content (AvgIpc) is 2.71. The maximum Gasteiger partial charge on any atom is 0.320 e. The topological polar surface area (TPSA) is 49.3 Å². The maximum absolute atomic E-state index is 13.4. The van der Waals surface area contributed by atoms with Gasteiger partial charge < -0.3 is 5.11 Å². The normalized spacial score (nSPS) is 24.6. The minimum absolute atomic E-state index is 0.198. The van der Waals surface area contributed by atoms with Gasteiger partial charge in [-0.05, 0) is 18.9 Å². The summed E-state index contributed by atoms with van der Waals surface area (Å²) >= 11 is 0. The first-order valence-corrected chi connectivity index (χ1v) is 5.02. The van der Waals surface area contributed by atoms with Gasteiger partial charge >= 0.3 is 5.97 Å². The van der Waals surface area contributed by atoms with Crippen LogP contribution in [0.5, 0.6) is 0 Å². The van der Waals surface area contributed by atoms with Gasteiger partial charge in [0.15, 0.2) is 11.6 Å². The highest BCUT2D eigenvalue weighted by molar-refractivity contribution is 5.73. The number of hydrogen-bond donors (Lipinski definition) is 2. The molecule has 1 saturated heterocycles. The van der Waals surface area contributed by atoms with Gasteiger partial charge in [0, 0.05) is 11.6 Å². The second kappa shape index (κ2) is 4.17. The van der Waals surface area contributed by atoms with E-state index in [9.17, 15) is 13.6 Å². The molecule has 2 atom stereocenters. The molecule has 1 aromatic carbocycles. The number of carboxylic acid groups (broad SMARTS) is 1. The number of nitrogens with one attached hydrogen (secondary N) is 1. The minimum Gasteiger partial charge on any atom is -0.480 e. The van der Waals surface area contributed by atoms with E-state index in [0.717, 1.165) is 6.07 Å². The zero-order valence-electron chi connectivity index (χ0n) is 8.41. The highest BCUT2D eigenvalue weighted by Gasteiger charge is 2.31. The van der Waals surface area contributed by atoms with Gasteiger partial charge in [-0.1, -0.05) is 12.1 Å². The van der Waals surface area contributed by atoms with Crippen molar-refractivity contribution in [1.29, 1.82) is 0 Å². The Kier molecular flexibility index (Phi) is 2.87. The highest BCUT2D eigenvalue weighted by atomic mass is 19.2. The molecule has 0 bridgehead atoms. The van der Waals surface area contributed by atoms with Gasteiger partial charge in [0.25, 0.3) is 0 Å². The van der Waals surface area contributed by atoms with E-state index in [-0.39, 0.29) is 5.56 Å². The van der Waals surface area contributed by atoms with Crippen LogP contribution in [0.2, 0.25) is 0 Å². The van der Waals surface area contributed by atoms with Crippen LogP contribution in [-0.4, -0.2) is 17.1 Å². The summed E-state index contributed by atoms with van der Waals surface area (Å²) in [5.74, 6) is -2.76. The number of carboxylic acids is 1. The molecule has 1 fully saturated rings. The van der Waals surface area contributed by atoms with Gasteiger partial charge in [-0.15, -0.1) is 0 Å². The molecule has 1 aromatic rings. The summed E-state index contributed by atoms with van der Waals surface area (Å²) in [7, 11) is 0. The van der Waals surface area contributed by atoms with Gasteiger partial charge in [0.05, 0.1) is 0 Å². The fraction of sp³-hybridized carbons (Fsp3) is 0.364. The van der Waals surface area contributed by atoms with E-state index in [2.05, 4.69) is 5.32 Å². The third kappa shape index (κ3) is 1.90. The Hall–Kier alpha value is -1.49. The van der Waals surface area contributed by atoms with Gasteiger partial charge in [0.1, 0.15) is 6.04 Å². The molecule has 2 unspecified atom stereocenters. The van der Waals surface area contributed by atoms with Crippen molar-refractivity contribution in [3.63, 3.8) is 0 Å². The molecule has 16 heavy (non-hydrogen) atoms. The van der Waals surface area contributed by atoms with E-state index >= 15 is 0 Å². The van der Waals surface area contributed by atoms with Crippen LogP contribution >= 0.6 is 0 Å². The van der Waals surface area contributed by atoms with E-state index in [1.54, 1.807) is 0 Å². The highest BCUT2D eigenvalue weighted by Crippen LogP contribution is 2.29. The van der Waals surface area contributed by atoms with Gasteiger partial charge in [-0.25, -0.2) is 8.78 Å². The van der Waals surface area contributed by atoms with Crippen molar-refractivity contribution >= 4 is 5.97 Å². The number of carbonyl (C=O) groups is 1. The third-order valence-electron chi connectivity index (χ3n) is 2.80. The van der Waals surface area contributed by atoms with Crippen LogP contribution in [0.15, 0.2) is 18.2 Å². The summed E-state index contributed by atoms with van der Waals surface area (Å²) < 4.78 is 26.4. The summed E-state index contributed by atoms with van der Waals surface area (Å²) in [6.07, 6.45) is 0.924. The average molecular weight is 227 g/mol. The third-order valence-corrected chi connectivity index (χ3v) is 2.80. The van der Waals surface area contributed by atoms with Crippen molar-refractivity contribution < 1.29 is 18.7 Å². The Morgan fingerprint density at radius 2 is 2.12 bits per heavy atom.